The third-order valence-electron chi connectivity index (χ3n) is 4.72. The molecule has 0 saturated heterocycles. The van der Waals surface area contributed by atoms with Crippen LogP contribution in [0.15, 0.2) is 42.7 Å². The predicted octanol–water partition coefficient (Wildman–Crippen LogP) is 3.91. The zero-order valence-corrected chi connectivity index (χ0v) is 18.1. The van der Waals surface area contributed by atoms with Crippen LogP contribution in [0.1, 0.15) is 18.9 Å². The summed E-state index contributed by atoms with van der Waals surface area (Å²) in [4.78, 5) is 21.8. The number of aromatic nitrogens is 2. The highest BCUT2D eigenvalue weighted by Crippen LogP contribution is 2.32. The van der Waals surface area contributed by atoms with Crippen LogP contribution in [0.5, 0.6) is 5.75 Å². The molecule has 2 N–H and O–H groups in total. The lowest BCUT2D eigenvalue weighted by Crippen LogP contribution is -2.15. The van der Waals surface area contributed by atoms with E-state index in [4.69, 9.17) is 4.74 Å². The first-order chi connectivity index (χ1) is 15.0. The molecule has 1 aromatic heterocycles. The Morgan fingerprint density at radius 3 is 2.58 bits per heavy atom. The Morgan fingerprint density at radius 1 is 1.13 bits per heavy atom. The third-order valence-corrected chi connectivity index (χ3v) is 4.72. The van der Waals surface area contributed by atoms with E-state index < -0.39 is 4.92 Å². The number of hydrogen-bond acceptors (Lipinski definition) is 8. The summed E-state index contributed by atoms with van der Waals surface area (Å²) >= 11 is 0. The highest BCUT2D eigenvalue weighted by molar-refractivity contribution is 5.94. The summed E-state index contributed by atoms with van der Waals surface area (Å²) in [5.41, 5.74) is 2.14. The molecule has 0 fully saturated rings. The summed E-state index contributed by atoms with van der Waals surface area (Å²) in [5.74, 6) is 1.39. The zero-order valence-electron chi connectivity index (χ0n) is 18.1. The Morgan fingerprint density at radius 2 is 1.90 bits per heavy atom. The third kappa shape index (κ3) is 6.02. The van der Waals surface area contributed by atoms with Gasteiger partial charge in [0.2, 0.25) is 0 Å². The summed E-state index contributed by atoms with van der Waals surface area (Å²) < 4.78 is 5.76. The molecule has 0 amide bonds. The van der Waals surface area contributed by atoms with Crippen LogP contribution in [-0.4, -0.2) is 53.6 Å². The Balaban J connectivity index is 1.69. The number of ether oxygens (including phenoxy) is 1. The van der Waals surface area contributed by atoms with Crippen molar-refractivity contribution in [2.75, 3.05) is 44.4 Å². The second kappa shape index (κ2) is 10.5. The maximum atomic E-state index is 11.5. The number of nitrogens with zero attached hydrogens (tertiary/aromatic N) is 4. The minimum absolute atomic E-state index is 0.00275. The zero-order chi connectivity index (χ0) is 22.2. The summed E-state index contributed by atoms with van der Waals surface area (Å²) in [6.45, 7) is 4.66. The fourth-order valence-corrected chi connectivity index (χ4v) is 3.18. The van der Waals surface area contributed by atoms with Gasteiger partial charge in [-0.2, -0.15) is 0 Å². The lowest BCUT2D eigenvalue weighted by Gasteiger charge is -2.12. The maximum Gasteiger partial charge on any atom is 0.293 e. The van der Waals surface area contributed by atoms with Gasteiger partial charge in [-0.3, -0.25) is 10.1 Å². The Bertz CT molecular complexity index is 1020. The van der Waals surface area contributed by atoms with E-state index in [-0.39, 0.29) is 5.69 Å². The quantitative estimate of drug-likeness (QED) is 0.271. The van der Waals surface area contributed by atoms with Crippen LogP contribution >= 0.6 is 0 Å². The molecule has 164 valence electrons. The van der Waals surface area contributed by atoms with Crippen molar-refractivity contribution in [1.29, 1.82) is 0 Å². The molecule has 0 unspecified atom stereocenters. The first-order valence-electron chi connectivity index (χ1n) is 10.2. The molecule has 0 saturated carbocycles. The monoisotopic (exact) mass is 424 g/mol. The molecule has 0 atom stereocenters. The molecular weight excluding hydrogens is 396 g/mol. The van der Waals surface area contributed by atoms with E-state index in [2.05, 4.69) is 25.5 Å². The predicted molar refractivity (Wildman–Crippen MR) is 123 cm³/mol. The average molecular weight is 425 g/mol. The maximum absolute atomic E-state index is 11.5. The van der Waals surface area contributed by atoms with Crippen LogP contribution in [0.4, 0.5) is 17.2 Å². The van der Waals surface area contributed by atoms with Crippen molar-refractivity contribution >= 4 is 28.1 Å². The van der Waals surface area contributed by atoms with Crippen LogP contribution in [-0.2, 0) is 6.54 Å². The number of nitrogens with one attached hydrogen (secondary N) is 2. The van der Waals surface area contributed by atoms with E-state index >= 15 is 0 Å². The van der Waals surface area contributed by atoms with Gasteiger partial charge in [0.15, 0.2) is 0 Å². The molecule has 31 heavy (non-hydrogen) atoms. The van der Waals surface area contributed by atoms with E-state index in [1.54, 1.807) is 6.07 Å². The first-order valence-corrected chi connectivity index (χ1v) is 10.2. The second-order valence-electron chi connectivity index (χ2n) is 7.40. The number of nitro benzene ring substituents is 1. The lowest BCUT2D eigenvalue weighted by molar-refractivity contribution is -0.383. The van der Waals surface area contributed by atoms with Crippen LogP contribution in [0.25, 0.3) is 10.9 Å². The normalized spacial score (nSPS) is 11.0. The average Bonchev–Trinajstić information content (AvgIpc) is 2.75. The topological polar surface area (TPSA) is 105 Å². The molecule has 0 aliphatic heterocycles. The Labute approximate surface area is 181 Å². The molecular formula is C22H28N6O3. The van der Waals surface area contributed by atoms with Gasteiger partial charge < -0.3 is 20.3 Å². The molecule has 0 aliphatic rings. The Hall–Kier alpha value is -3.46. The Kier molecular flexibility index (Phi) is 7.55. The molecule has 0 aliphatic carbocycles. The van der Waals surface area contributed by atoms with Crippen LogP contribution in [0.3, 0.4) is 0 Å². The van der Waals surface area contributed by atoms with Crippen molar-refractivity contribution in [3.05, 3.63) is 58.4 Å². The van der Waals surface area contributed by atoms with Gasteiger partial charge in [0.1, 0.15) is 23.6 Å². The standard InChI is InChI=1S/C22H28N6O3/c1-4-23-20-13-19-18(12-21(20)28(29)30)22(26-15-25-19)24-14-16-6-8-17(9-7-16)31-11-5-10-27(2)3/h6-9,12-13,15,23H,4-5,10-11,14H2,1-3H3,(H,24,25,26). The van der Waals surface area contributed by atoms with E-state index in [1.807, 2.05) is 45.3 Å². The second-order valence-corrected chi connectivity index (χ2v) is 7.40. The lowest BCUT2D eigenvalue weighted by atomic mass is 10.1. The van der Waals surface area contributed by atoms with Crippen molar-refractivity contribution in [1.82, 2.24) is 14.9 Å². The minimum atomic E-state index is -0.397. The number of hydrogen-bond donors (Lipinski definition) is 2. The van der Waals surface area contributed by atoms with Crippen LogP contribution in [0, 0.1) is 10.1 Å². The smallest absolute Gasteiger partial charge is 0.293 e. The van der Waals surface area contributed by atoms with Gasteiger partial charge in [-0.05, 0) is 51.2 Å². The van der Waals surface area contributed by atoms with Crippen molar-refractivity contribution in [3.63, 3.8) is 0 Å². The highest BCUT2D eigenvalue weighted by Gasteiger charge is 2.17. The van der Waals surface area contributed by atoms with Gasteiger partial charge in [0.05, 0.1) is 17.0 Å². The van der Waals surface area contributed by atoms with Gasteiger partial charge in [-0.15, -0.1) is 0 Å². The summed E-state index contributed by atoms with van der Waals surface area (Å²) in [6, 6.07) is 11.1. The van der Waals surface area contributed by atoms with E-state index in [0.29, 0.717) is 42.1 Å². The number of anilines is 2. The van der Waals surface area contributed by atoms with E-state index in [1.165, 1.54) is 12.4 Å². The summed E-state index contributed by atoms with van der Waals surface area (Å²) in [5, 5.41) is 18.4. The van der Waals surface area contributed by atoms with Gasteiger partial charge in [0.25, 0.3) is 5.69 Å². The van der Waals surface area contributed by atoms with Gasteiger partial charge in [0, 0.05) is 31.1 Å². The number of nitro groups is 1. The summed E-state index contributed by atoms with van der Waals surface area (Å²) in [7, 11) is 4.09. The molecule has 9 nitrogen and oxygen atoms in total. The fraction of sp³-hybridized carbons (Fsp3) is 0.364. The van der Waals surface area contributed by atoms with Gasteiger partial charge in [-0.1, -0.05) is 12.1 Å². The molecule has 0 bridgehead atoms. The van der Waals surface area contributed by atoms with Gasteiger partial charge >= 0.3 is 0 Å². The van der Waals surface area contributed by atoms with E-state index in [0.717, 1.165) is 24.3 Å². The molecule has 3 aromatic rings. The van der Waals surface area contributed by atoms with Crippen LogP contribution < -0.4 is 15.4 Å². The van der Waals surface area contributed by atoms with Crippen LogP contribution in [0.2, 0.25) is 0 Å². The molecule has 9 heteroatoms. The first kappa shape index (κ1) is 22.2. The largest absolute Gasteiger partial charge is 0.494 e. The van der Waals surface area contributed by atoms with Gasteiger partial charge in [-0.25, -0.2) is 9.97 Å². The molecule has 1 heterocycles. The summed E-state index contributed by atoms with van der Waals surface area (Å²) in [6.07, 6.45) is 2.43. The minimum Gasteiger partial charge on any atom is -0.494 e. The molecule has 2 aromatic carbocycles. The molecule has 3 rings (SSSR count). The van der Waals surface area contributed by atoms with E-state index in [9.17, 15) is 10.1 Å². The highest BCUT2D eigenvalue weighted by atomic mass is 16.6. The van der Waals surface area contributed by atoms with Crippen molar-refractivity contribution in [2.45, 2.75) is 19.9 Å². The number of benzene rings is 2. The fourth-order valence-electron chi connectivity index (χ4n) is 3.18. The number of rotatable bonds is 11. The van der Waals surface area contributed by atoms with Crippen molar-refractivity contribution < 1.29 is 9.66 Å². The van der Waals surface area contributed by atoms with Crippen molar-refractivity contribution in [2.24, 2.45) is 0 Å². The van der Waals surface area contributed by atoms with Crippen molar-refractivity contribution in [3.8, 4) is 5.75 Å². The molecule has 0 spiro atoms. The molecule has 0 radical (unpaired) electrons. The SMILES string of the molecule is CCNc1cc2ncnc(NCc3ccc(OCCCN(C)C)cc3)c2cc1[N+](=O)[O-]. The number of fused-ring (bicyclic) bond motifs is 1.